The quantitative estimate of drug-likeness (QED) is 0.768. The first kappa shape index (κ1) is 16.7. The first-order valence-corrected chi connectivity index (χ1v) is 6.54. The first-order valence-electron chi connectivity index (χ1n) is 6.54. The molecule has 0 saturated carbocycles. The molecule has 0 aromatic heterocycles. The van der Waals surface area contributed by atoms with Gasteiger partial charge in [-0.05, 0) is 30.9 Å². The van der Waals surface area contributed by atoms with E-state index in [-0.39, 0.29) is 17.0 Å². The van der Waals surface area contributed by atoms with E-state index in [0.29, 0.717) is 11.1 Å². The summed E-state index contributed by atoms with van der Waals surface area (Å²) in [5.74, 6) is -3.36. The average molecular weight is 293 g/mol. The number of nitrogens with one attached hydrogen (secondary N) is 1. The Morgan fingerprint density at radius 3 is 1.86 bits per heavy atom. The number of hydrogen-bond donors (Lipinski definition) is 3. The van der Waals surface area contributed by atoms with Crippen LogP contribution in [0, 0.1) is 19.8 Å². The number of aryl methyl sites for hydroxylation is 2. The predicted octanol–water partition coefficient (Wildman–Crippen LogP) is 1.84. The molecule has 0 aliphatic rings. The molecule has 1 aromatic rings. The fourth-order valence-corrected chi connectivity index (χ4v) is 2.11. The smallest absolute Gasteiger partial charge is 0.336 e. The molecule has 0 spiro atoms. The molecule has 0 aliphatic carbocycles. The summed E-state index contributed by atoms with van der Waals surface area (Å²) in [5, 5.41) is 20.8. The Labute approximate surface area is 122 Å². The fourth-order valence-electron chi connectivity index (χ4n) is 2.11. The van der Waals surface area contributed by atoms with E-state index in [2.05, 4.69) is 5.32 Å². The van der Waals surface area contributed by atoms with Crippen LogP contribution >= 0.6 is 0 Å². The number of amides is 1. The van der Waals surface area contributed by atoms with Gasteiger partial charge in [-0.1, -0.05) is 26.0 Å². The zero-order valence-electron chi connectivity index (χ0n) is 12.4. The number of aliphatic carboxylic acids is 1. The Hall–Kier alpha value is -2.37. The third-order valence-corrected chi connectivity index (χ3v) is 3.28. The van der Waals surface area contributed by atoms with Crippen LogP contribution < -0.4 is 5.32 Å². The van der Waals surface area contributed by atoms with E-state index in [9.17, 15) is 19.5 Å². The third-order valence-electron chi connectivity index (χ3n) is 3.28. The summed E-state index contributed by atoms with van der Waals surface area (Å²) in [5.41, 5.74) is 0.855. The maximum atomic E-state index is 12.3. The largest absolute Gasteiger partial charge is 0.480 e. The minimum atomic E-state index is -1.21. The molecule has 3 N–H and O–H groups in total. The molecule has 114 valence electrons. The van der Waals surface area contributed by atoms with Crippen LogP contribution in [0.4, 0.5) is 0 Å². The second-order valence-corrected chi connectivity index (χ2v) is 5.29. The highest BCUT2D eigenvalue weighted by molar-refractivity contribution is 6.07. The zero-order valence-corrected chi connectivity index (χ0v) is 12.4. The molecule has 0 saturated heterocycles. The molecule has 1 atom stereocenters. The number of carboxylic acid groups (broad SMARTS) is 2. The molecule has 6 heteroatoms. The van der Waals surface area contributed by atoms with Gasteiger partial charge < -0.3 is 15.5 Å². The summed E-state index contributed by atoms with van der Waals surface area (Å²) in [6, 6.07) is 2.19. The number of carbonyl (C=O) groups is 3. The van der Waals surface area contributed by atoms with E-state index in [4.69, 9.17) is 5.11 Å². The third kappa shape index (κ3) is 3.59. The lowest BCUT2D eigenvalue weighted by Crippen LogP contribution is -2.45. The van der Waals surface area contributed by atoms with E-state index in [1.807, 2.05) is 0 Å². The predicted molar refractivity (Wildman–Crippen MR) is 76.6 cm³/mol. The van der Waals surface area contributed by atoms with E-state index >= 15 is 0 Å². The zero-order chi connectivity index (χ0) is 16.3. The standard InChI is InChI=1S/C15H19NO5/c1-7(2)12(15(20)21)16-13(17)10-8(3)5-6-9(4)11(10)14(18)19/h5-7,12H,1-4H3,(H,16,17)(H,18,19)(H,20,21). The highest BCUT2D eigenvalue weighted by Gasteiger charge is 2.27. The second-order valence-electron chi connectivity index (χ2n) is 5.29. The lowest BCUT2D eigenvalue weighted by Gasteiger charge is -2.19. The maximum absolute atomic E-state index is 12.3. The van der Waals surface area contributed by atoms with Gasteiger partial charge in [-0.3, -0.25) is 4.79 Å². The molecule has 0 fully saturated rings. The monoisotopic (exact) mass is 293 g/mol. The Balaban J connectivity index is 3.27. The van der Waals surface area contributed by atoms with Crippen LogP contribution in [-0.2, 0) is 4.79 Å². The van der Waals surface area contributed by atoms with Crippen molar-refractivity contribution in [3.8, 4) is 0 Å². The number of aromatic carboxylic acids is 1. The van der Waals surface area contributed by atoms with Crippen molar-refractivity contribution in [2.75, 3.05) is 0 Å². The lowest BCUT2D eigenvalue weighted by atomic mass is 9.95. The van der Waals surface area contributed by atoms with Crippen molar-refractivity contribution in [1.29, 1.82) is 0 Å². The van der Waals surface area contributed by atoms with E-state index in [1.165, 1.54) is 0 Å². The molecule has 1 unspecified atom stereocenters. The van der Waals surface area contributed by atoms with Crippen LogP contribution in [0.15, 0.2) is 12.1 Å². The van der Waals surface area contributed by atoms with Crippen LogP contribution in [0.25, 0.3) is 0 Å². The summed E-state index contributed by atoms with van der Waals surface area (Å²) < 4.78 is 0. The Kier molecular flexibility index (Phi) is 5.07. The van der Waals surface area contributed by atoms with Crippen molar-refractivity contribution in [2.45, 2.75) is 33.7 Å². The normalized spacial score (nSPS) is 12.0. The highest BCUT2D eigenvalue weighted by atomic mass is 16.4. The molecular weight excluding hydrogens is 274 g/mol. The minimum absolute atomic E-state index is 0.00870. The fraction of sp³-hybridized carbons (Fsp3) is 0.400. The summed E-state index contributed by atoms with van der Waals surface area (Å²) in [6.07, 6.45) is 0. The summed E-state index contributed by atoms with van der Waals surface area (Å²) in [6.45, 7) is 6.54. The molecule has 6 nitrogen and oxygen atoms in total. The van der Waals surface area contributed by atoms with Crippen LogP contribution in [0.3, 0.4) is 0 Å². The number of benzene rings is 1. The number of rotatable bonds is 5. The first-order chi connectivity index (χ1) is 9.66. The average Bonchev–Trinajstić information content (AvgIpc) is 2.36. The minimum Gasteiger partial charge on any atom is -0.480 e. The molecule has 1 amide bonds. The molecule has 0 heterocycles. The van der Waals surface area contributed by atoms with Gasteiger partial charge in [0, 0.05) is 0 Å². The van der Waals surface area contributed by atoms with Crippen LogP contribution in [0.5, 0.6) is 0 Å². The van der Waals surface area contributed by atoms with Gasteiger partial charge in [-0.2, -0.15) is 0 Å². The molecule has 0 bridgehead atoms. The van der Waals surface area contributed by atoms with Crippen LogP contribution in [-0.4, -0.2) is 34.1 Å². The van der Waals surface area contributed by atoms with E-state index < -0.39 is 23.9 Å². The summed E-state index contributed by atoms with van der Waals surface area (Å²) in [7, 11) is 0. The number of hydrogen-bond acceptors (Lipinski definition) is 3. The molecule has 21 heavy (non-hydrogen) atoms. The number of carboxylic acids is 2. The van der Waals surface area contributed by atoms with Crippen molar-refractivity contribution < 1.29 is 24.6 Å². The Bertz CT molecular complexity index is 592. The van der Waals surface area contributed by atoms with E-state index in [1.54, 1.807) is 39.8 Å². The highest BCUT2D eigenvalue weighted by Crippen LogP contribution is 2.19. The van der Waals surface area contributed by atoms with Gasteiger partial charge in [-0.15, -0.1) is 0 Å². The number of carbonyl (C=O) groups excluding carboxylic acids is 1. The molecule has 1 aromatic carbocycles. The van der Waals surface area contributed by atoms with Gasteiger partial charge in [0.1, 0.15) is 6.04 Å². The van der Waals surface area contributed by atoms with Crippen molar-refractivity contribution in [2.24, 2.45) is 5.92 Å². The lowest BCUT2D eigenvalue weighted by molar-refractivity contribution is -0.140. The van der Waals surface area contributed by atoms with Crippen molar-refractivity contribution >= 4 is 17.8 Å². The van der Waals surface area contributed by atoms with Crippen LogP contribution in [0.2, 0.25) is 0 Å². The van der Waals surface area contributed by atoms with Gasteiger partial charge in [0.25, 0.3) is 5.91 Å². The maximum Gasteiger partial charge on any atom is 0.336 e. The molecule has 1 rings (SSSR count). The Morgan fingerprint density at radius 2 is 1.48 bits per heavy atom. The van der Waals surface area contributed by atoms with Crippen molar-refractivity contribution in [3.05, 3.63) is 34.4 Å². The van der Waals surface area contributed by atoms with Gasteiger partial charge in [0.2, 0.25) is 0 Å². The van der Waals surface area contributed by atoms with Crippen molar-refractivity contribution in [1.82, 2.24) is 5.32 Å². The van der Waals surface area contributed by atoms with Crippen molar-refractivity contribution in [3.63, 3.8) is 0 Å². The second kappa shape index (κ2) is 6.39. The summed E-state index contributed by atoms with van der Waals surface area (Å²) >= 11 is 0. The molecule has 0 aliphatic heterocycles. The Morgan fingerprint density at radius 1 is 1.00 bits per heavy atom. The molecule has 0 radical (unpaired) electrons. The summed E-state index contributed by atoms with van der Waals surface area (Å²) in [4.78, 5) is 34.8. The van der Waals surface area contributed by atoms with E-state index in [0.717, 1.165) is 0 Å². The molecular formula is C15H19NO5. The van der Waals surface area contributed by atoms with Gasteiger partial charge in [0.15, 0.2) is 0 Å². The SMILES string of the molecule is Cc1ccc(C)c(C(=O)NC(C(=O)O)C(C)C)c1C(=O)O. The van der Waals surface area contributed by atoms with Gasteiger partial charge >= 0.3 is 11.9 Å². The van der Waals surface area contributed by atoms with Gasteiger partial charge in [-0.25, -0.2) is 9.59 Å². The van der Waals surface area contributed by atoms with Gasteiger partial charge in [0.05, 0.1) is 11.1 Å². The topological polar surface area (TPSA) is 104 Å². The van der Waals surface area contributed by atoms with Crippen LogP contribution in [0.1, 0.15) is 45.7 Å².